The molecule has 3 aromatic rings. The molecule has 2 aromatic carbocycles. The van der Waals surface area contributed by atoms with Gasteiger partial charge in [0, 0.05) is 49.0 Å². The number of piperazine rings is 1. The maximum absolute atomic E-state index is 12.9. The van der Waals surface area contributed by atoms with Crippen molar-refractivity contribution in [2.24, 2.45) is 0 Å². The minimum atomic E-state index is -0.339. The molecule has 0 unspecified atom stereocenters. The molecule has 2 N–H and O–H groups in total. The van der Waals surface area contributed by atoms with Gasteiger partial charge in [0.25, 0.3) is 5.91 Å². The number of halogens is 1. The number of carbonyl (C=O) groups is 2. The van der Waals surface area contributed by atoms with Crippen LogP contribution in [0.2, 0.25) is 0 Å². The zero-order valence-corrected chi connectivity index (χ0v) is 15.3. The van der Waals surface area contributed by atoms with Crippen LogP contribution >= 0.6 is 0 Å². The molecule has 0 aliphatic carbocycles. The Bertz CT molecular complexity index is 991. The van der Waals surface area contributed by atoms with Crippen LogP contribution in [0.1, 0.15) is 10.4 Å². The number of hydrogen-bond donors (Lipinski definition) is 2. The number of H-pyrrole nitrogens is 1. The van der Waals surface area contributed by atoms with Gasteiger partial charge < -0.3 is 15.2 Å². The first kappa shape index (κ1) is 18.2. The minimum Gasteiger partial charge on any atom is -0.360 e. The van der Waals surface area contributed by atoms with E-state index in [9.17, 15) is 14.0 Å². The number of benzene rings is 2. The summed E-state index contributed by atoms with van der Waals surface area (Å²) in [5, 5.41) is 3.69. The normalized spacial score (nSPS) is 15.0. The van der Waals surface area contributed by atoms with Crippen molar-refractivity contribution in [3.8, 4) is 0 Å². The summed E-state index contributed by atoms with van der Waals surface area (Å²) >= 11 is 0. The lowest BCUT2D eigenvalue weighted by Crippen LogP contribution is -2.50. The lowest BCUT2D eigenvalue weighted by Gasteiger charge is -2.34. The van der Waals surface area contributed by atoms with Crippen LogP contribution in [0.3, 0.4) is 0 Å². The molecule has 1 aliphatic rings. The Balaban J connectivity index is 1.31. The summed E-state index contributed by atoms with van der Waals surface area (Å²) in [6.45, 7) is 2.65. The number of para-hydroxylation sites is 1. The third-order valence-corrected chi connectivity index (χ3v) is 4.97. The molecule has 1 fully saturated rings. The average Bonchev–Trinajstić information content (AvgIpc) is 3.14. The van der Waals surface area contributed by atoms with Crippen molar-refractivity contribution in [1.82, 2.24) is 14.8 Å². The topological polar surface area (TPSA) is 68.4 Å². The number of aromatic amines is 1. The third-order valence-electron chi connectivity index (χ3n) is 4.97. The smallest absolute Gasteiger partial charge is 0.256 e. The van der Waals surface area contributed by atoms with Gasteiger partial charge in [0.05, 0.1) is 12.1 Å². The van der Waals surface area contributed by atoms with Gasteiger partial charge in [-0.2, -0.15) is 0 Å². The number of aromatic nitrogens is 1. The van der Waals surface area contributed by atoms with E-state index in [1.54, 1.807) is 6.20 Å². The van der Waals surface area contributed by atoms with Gasteiger partial charge in [0.15, 0.2) is 0 Å². The van der Waals surface area contributed by atoms with Crippen LogP contribution in [-0.2, 0) is 4.79 Å². The molecule has 4 rings (SSSR count). The molecule has 0 radical (unpaired) electrons. The van der Waals surface area contributed by atoms with Crippen molar-refractivity contribution >= 4 is 28.4 Å². The van der Waals surface area contributed by atoms with Gasteiger partial charge in [-0.15, -0.1) is 0 Å². The van der Waals surface area contributed by atoms with Gasteiger partial charge in [-0.3, -0.25) is 14.5 Å². The molecule has 1 saturated heterocycles. The highest BCUT2D eigenvalue weighted by Gasteiger charge is 2.24. The summed E-state index contributed by atoms with van der Waals surface area (Å²) in [5.74, 6) is -0.482. The predicted molar refractivity (Wildman–Crippen MR) is 106 cm³/mol. The van der Waals surface area contributed by atoms with Gasteiger partial charge in [-0.05, 0) is 30.3 Å². The Hall–Kier alpha value is -3.19. The summed E-state index contributed by atoms with van der Waals surface area (Å²) in [7, 11) is 0. The predicted octanol–water partition coefficient (Wildman–Crippen LogP) is 2.70. The number of hydrogen-bond acceptors (Lipinski definition) is 3. The largest absolute Gasteiger partial charge is 0.360 e. The van der Waals surface area contributed by atoms with Crippen LogP contribution < -0.4 is 5.32 Å². The molecule has 0 saturated carbocycles. The van der Waals surface area contributed by atoms with Crippen LogP contribution in [0.25, 0.3) is 10.9 Å². The van der Waals surface area contributed by atoms with E-state index >= 15 is 0 Å². The van der Waals surface area contributed by atoms with Crippen molar-refractivity contribution in [3.63, 3.8) is 0 Å². The second-order valence-corrected chi connectivity index (χ2v) is 6.87. The number of nitrogens with zero attached hydrogens (tertiary/aromatic N) is 2. The Morgan fingerprint density at radius 3 is 2.46 bits per heavy atom. The van der Waals surface area contributed by atoms with E-state index in [1.807, 2.05) is 34.1 Å². The molecule has 144 valence electrons. The van der Waals surface area contributed by atoms with Gasteiger partial charge in [0.2, 0.25) is 5.91 Å². The van der Waals surface area contributed by atoms with Crippen LogP contribution in [0.15, 0.2) is 54.7 Å². The van der Waals surface area contributed by atoms with Crippen LogP contribution in [-0.4, -0.2) is 59.3 Å². The molecule has 6 nitrogen and oxygen atoms in total. The van der Waals surface area contributed by atoms with Gasteiger partial charge in [0.1, 0.15) is 5.82 Å². The first-order valence-electron chi connectivity index (χ1n) is 9.23. The van der Waals surface area contributed by atoms with E-state index in [0.717, 1.165) is 10.9 Å². The monoisotopic (exact) mass is 380 g/mol. The summed E-state index contributed by atoms with van der Waals surface area (Å²) in [6.07, 6.45) is 1.76. The first-order valence-corrected chi connectivity index (χ1v) is 9.23. The second kappa shape index (κ2) is 7.82. The van der Waals surface area contributed by atoms with E-state index < -0.39 is 0 Å². The molecule has 0 bridgehead atoms. The summed E-state index contributed by atoms with van der Waals surface area (Å²) < 4.78 is 12.9. The highest BCUT2D eigenvalue weighted by molar-refractivity contribution is 6.06. The van der Waals surface area contributed by atoms with E-state index in [1.165, 1.54) is 24.3 Å². The van der Waals surface area contributed by atoms with Crippen molar-refractivity contribution in [2.75, 3.05) is 38.0 Å². The van der Waals surface area contributed by atoms with E-state index in [2.05, 4.69) is 10.3 Å². The first-order chi connectivity index (χ1) is 13.6. The number of rotatable bonds is 4. The molecule has 1 aromatic heterocycles. The van der Waals surface area contributed by atoms with E-state index in [-0.39, 0.29) is 24.2 Å². The zero-order chi connectivity index (χ0) is 19.5. The summed E-state index contributed by atoms with van der Waals surface area (Å²) in [5.41, 5.74) is 2.19. The van der Waals surface area contributed by atoms with Crippen molar-refractivity contribution < 1.29 is 14.0 Å². The Kier molecular flexibility index (Phi) is 5.08. The van der Waals surface area contributed by atoms with Crippen LogP contribution in [0.4, 0.5) is 10.1 Å². The Morgan fingerprint density at radius 1 is 1.00 bits per heavy atom. The Labute approximate surface area is 161 Å². The zero-order valence-electron chi connectivity index (χ0n) is 15.3. The van der Waals surface area contributed by atoms with Gasteiger partial charge >= 0.3 is 0 Å². The number of anilines is 1. The number of amides is 2. The van der Waals surface area contributed by atoms with Crippen molar-refractivity contribution in [3.05, 3.63) is 66.1 Å². The molecule has 2 heterocycles. The molecule has 0 spiro atoms. The number of nitrogens with one attached hydrogen (secondary N) is 2. The quantitative estimate of drug-likeness (QED) is 0.731. The standard InChI is InChI=1S/C21H21FN4O2/c22-15-5-7-16(8-6-15)24-20(27)14-25-9-11-26(12-10-25)21(28)18-13-23-19-4-2-1-3-17(18)19/h1-8,13,23H,9-12,14H2,(H,24,27). The van der Waals surface area contributed by atoms with Crippen LogP contribution in [0.5, 0.6) is 0 Å². The fraction of sp³-hybridized carbons (Fsp3) is 0.238. The molecular formula is C21H21FN4O2. The highest BCUT2D eigenvalue weighted by Crippen LogP contribution is 2.20. The number of carbonyl (C=O) groups excluding carboxylic acids is 2. The Morgan fingerprint density at radius 2 is 1.71 bits per heavy atom. The lowest BCUT2D eigenvalue weighted by molar-refractivity contribution is -0.117. The second-order valence-electron chi connectivity index (χ2n) is 6.87. The van der Waals surface area contributed by atoms with Gasteiger partial charge in [-0.1, -0.05) is 18.2 Å². The maximum atomic E-state index is 12.9. The molecule has 2 amide bonds. The van der Waals surface area contributed by atoms with Crippen LogP contribution in [0, 0.1) is 5.82 Å². The number of fused-ring (bicyclic) bond motifs is 1. The fourth-order valence-corrected chi connectivity index (χ4v) is 3.46. The third kappa shape index (κ3) is 3.89. The summed E-state index contributed by atoms with van der Waals surface area (Å²) in [6, 6.07) is 13.4. The molecular weight excluding hydrogens is 359 g/mol. The van der Waals surface area contributed by atoms with Gasteiger partial charge in [-0.25, -0.2) is 4.39 Å². The molecule has 0 atom stereocenters. The lowest BCUT2D eigenvalue weighted by atomic mass is 10.1. The summed E-state index contributed by atoms with van der Waals surface area (Å²) in [4.78, 5) is 32.0. The fourth-order valence-electron chi connectivity index (χ4n) is 3.46. The van der Waals surface area contributed by atoms with E-state index in [4.69, 9.17) is 0 Å². The maximum Gasteiger partial charge on any atom is 0.256 e. The molecule has 1 aliphatic heterocycles. The van der Waals surface area contributed by atoms with E-state index in [0.29, 0.717) is 37.4 Å². The SMILES string of the molecule is O=C(CN1CCN(C(=O)c2c[nH]c3ccccc23)CC1)Nc1ccc(F)cc1. The average molecular weight is 380 g/mol. The minimum absolute atomic E-state index is 0.00728. The molecule has 28 heavy (non-hydrogen) atoms. The highest BCUT2D eigenvalue weighted by atomic mass is 19.1. The van der Waals surface area contributed by atoms with Crippen molar-refractivity contribution in [2.45, 2.75) is 0 Å². The van der Waals surface area contributed by atoms with Crippen molar-refractivity contribution in [1.29, 1.82) is 0 Å². The molecule has 7 heteroatoms.